The van der Waals surface area contributed by atoms with Gasteiger partial charge < -0.3 is 9.84 Å². The molecule has 0 fully saturated rings. The van der Waals surface area contributed by atoms with Gasteiger partial charge in [0.1, 0.15) is 0 Å². The average molecular weight is 340 g/mol. The van der Waals surface area contributed by atoms with Gasteiger partial charge in [-0.15, -0.1) is 0 Å². The lowest BCUT2D eigenvalue weighted by molar-refractivity contribution is 0.0936. The molecule has 0 saturated heterocycles. The lowest BCUT2D eigenvalue weighted by Gasteiger charge is -2.14. The summed E-state index contributed by atoms with van der Waals surface area (Å²) in [6, 6.07) is 5.57. The molecule has 1 aliphatic carbocycles. The van der Waals surface area contributed by atoms with Crippen molar-refractivity contribution in [3.05, 3.63) is 52.7 Å². The number of hydrogen-bond donors (Lipinski definition) is 1. The SMILES string of the molecule is [2H]C([2H])([2H])c1nc(-c2ccc3c(c2)CC[C@H]3NC(=O)c2cnn(C)c2C)no1. The molecule has 25 heavy (non-hydrogen) atoms. The van der Waals surface area contributed by atoms with Crippen LogP contribution in [0.5, 0.6) is 0 Å². The van der Waals surface area contributed by atoms with Gasteiger partial charge in [-0.2, -0.15) is 10.1 Å². The number of rotatable bonds is 3. The summed E-state index contributed by atoms with van der Waals surface area (Å²) in [4.78, 5) is 16.6. The second kappa shape index (κ2) is 5.84. The molecule has 0 radical (unpaired) electrons. The van der Waals surface area contributed by atoms with Crippen molar-refractivity contribution >= 4 is 5.91 Å². The van der Waals surface area contributed by atoms with Crippen molar-refractivity contribution in [2.24, 2.45) is 7.05 Å². The Hall–Kier alpha value is -2.96. The molecule has 128 valence electrons. The predicted octanol–water partition coefficient (Wildman–Crippen LogP) is 2.50. The molecule has 0 saturated carbocycles. The Morgan fingerprint density at radius 2 is 2.36 bits per heavy atom. The fraction of sp³-hybridized carbons (Fsp3) is 0.333. The molecular formula is C18H19N5O2. The quantitative estimate of drug-likeness (QED) is 0.792. The molecule has 2 aromatic heterocycles. The van der Waals surface area contributed by atoms with Gasteiger partial charge in [-0.25, -0.2) is 0 Å². The van der Waals surface area contributed by atoms with E-state index in [-0.39, 0.29) is 23.7 Å². The van der Waals surface area contributed by atoms with Gasteiger partial charge in [-0.1, -0.05) is 17.3 Å². The number of benzene rings is 1. The van der Waals surface area contributed by atoms with Crippen molar-refractivity contribution in [2.75, 3.05) is 0 Å². The number of amides is 1. The fourth-order valence-electron chi connectivity index (χ4n) is 3.20. The molecular weight excluding hydrogens is 318 g/mol. The zero-order valence-corrected chi connectivity index (χ0v) is 13.9. The van der Waals surface area contributed by atoms with Crippen LogP contribution in [0.1, 0.15) is 49.6 Å². The van der Waals surface area contributed by atoms with Crippen LogP contribution in [0.3, 0.4) is 0 Å². The van der Waals surface area contributed by atoms with Crippen LogP contribution in [0.4, 0.5) is 0 Å². The van der Waals surface area contributed by atoms with E-state index in [1.54, 1.807) is 17.9 Å². The maximum Gasteiger partial charge on any atom is 0.255 e. The third-order valence-corrected chi connectivity index (χ3v) is 4.69. The highest BCUT2D eigenvalue weighted by atomic mass is 16.5. The Bertz CT molecular complexity index is 1050. The van der Waals surface area contributed by atoms with E-state index < -0.39 is 6.85 Å². The van der Waals surface area contributed by atoms with Crippen molar-refractivity contribution in [3.8, 4) is 11.4 Å². The molecule has 0 unspecified atom stereocenters. The molecule has 7 nitrogen and oxygen atoms in total. The zero-order valence-electron chi connectivity index (χ0n) is 16.9. The van der Waals surface area contributed by atoms with Gasteiger partial charge >= 0.3 is 0 Å². The molecule has 0 spiro atoms. The maximum absolute atomic E-state index is 12.6. The zero-order chi connectivity index (χ0) is 20.1. The first kappa shape index (κ1) is 12.4. The van der Waals surface area contributed by atoms with Crippen LogP contribution in [-0.4, -0.2) is 25.8 Å². The second-order valence-electron chi connectivity index (χ2n) is 6.17. The van der Waals surface area contributed by atoms with Crippen molar-refractivity contribution < 1.29 is 13.4 Å². The topological polar surface area (TPSA) is 85.8 Å². The van der Waals surface area contributed by atoms with Crippen molar-refractivity contribution in [1.82, 2.24) is 25.2 Å². The van der Waals surface area contributed by atoms with Crippen LogP contribution in [0.2, 0.25) is 0 Å². The summed E-state index contributed by atoms with van der Waals surface area (Å²) in [6.07, 6.45) is 3.16. The molecule has 1 N–H and O–H groups in total. The standard InChI is InChI=1S/C18H19N5O2/c1-10-15(9-19-23(10)3)18(24)21-16-7-5-12-8-13(4-6-14(12)16)17-20-11(2)25-22-17/h4,6,8-9,16H,5,7H2,1-3H3,(H,21,24)/t16-/m1/s1/i2D3. The summed E-state index contributed by atoms with van der Waals surface area (Å²) >= 11 is 0. The first-order chi connectivity index (χ1) is 13.2. The summed E-state index contributed by atoms with van der Waals surface area (Å²) in [5.41, 5.74) is 4.18. The van der Waals surface area contributed by atoms with E-state index in [2.05, 4.69) is 20.6 Å². The van der Waals surface area contributed by atoms with Gasteiger partial charge in [0.2, 0.25) is 11.7 Å². The smallest absolute Gasteiger partial charge is 0.255 e. The van der Waals surface area contributed by atoms with Crippen LogP contribution in [0.25, 0.3) is 11.4 Å². The van der Waals surface area contributed by atoms with E-state index in [1.807, 2.05) is 25.1 Å². The summed E-state index contributed by atoms with van der Waals surface area (Å²) in [5, 5.41) is 11.0. The van der Waals surface area contributed by atoms with Gasteiger partial charge in [0, 0.05) is 29.3 Å². The number of fused-ring (bicyclic) bond motifs is 1. The molecule has 1 atom stereocenters. The fourth-order valence-corrected chi connectivity index (χ4v) is 3.20. The third-order valence-electron chi connectivity index (χ3n) is 4.69. The number of nitrogens with zero attached hydrogens (tertiary/aromatic N) is 4. The largest absolute Gasteiger partial charge is 0.345 e. The van der Waals surface area contributed by atoms with Crippen LogP contribution >= 0.6 is 0 Å². The number of aromatic nitrogens is 4. The van der Waals surface area contributed by atoms with Crippen LogP contribution < -0.4 is 5.32 Å². The van der Waals surface area contributed by atoms with Gasteiger partial charge in [-0.05, 0) is 37.0 Å². The Labute approximate surface area is 149 Å². The Kier molecular flexibility index (Phi) is 2.90. The monoisotopic (exact) mass is 340 g/mol. The second-order valence-corrected chi connectivity index (χ2v) is 6.17. The van der Waals surface area contributed by atoms with Crippen LogP contribution in [0, 0.1) is 13.8 Å². The lowest BCUT2D eigenvalue weighted by atomic mass is 10.0. The minimum absolute atomic E-state index is 0.0839. The summed E-state index contributed by atoms with van der Waals surface area (Å²) in [6.45, 7) is -0.572. The van der Waals surface area contributed by atoms with E-state index in [4.69, 9.17) is 8.64 Å². The molecule has 1 amide bonds. The molecule has 1 aromatic carbocycles. The highest BCUT2D eigenvalue weighted by molar-refractivity contribution is 5.95. The predicted molar refractivity (Wildman–Crippen MR) is 90.9 cm³/mol. The maximum atomic E-state index is 12.6. The number of nitrogens with one attached hydrogen (secondary N) is 1. The van der Waals surface area contributed by atoms with Crippen molar-refractivity contribution in [1.29, 1.82) is 0 Å². The number of carbonyl (C=O) groups is 1. The summed E-state index contributed by atoms with van der Waals surface area (Å²) < 4.78 is 28.5. The summed E-state index contributed by atoms with van der Waals surface area (Å²) in [7, 11) is 1.80. The first-order valence-electron chi connectivity index (χ1n) is 9.51. The van der Waals surface area contributed by atoms with E-state index in [9.17, 15) is 4.79 Å². The lowest BCUT2D eigenvalue weighted by Crippen LogP contribution is -2.27. The molecule has 0 aliphatic heterocycles. The molecule has 0 bridgehead atoms. The Morgan fingerprint density at radius 1 is 1.48 bits per heavy atom. The molecule has 7 heteroatoms. The minimum Gasteiger partial charge on any atom is -0.345 e. The van der Waals surface area contributed by atoms with E-state index >= 15 is 0 Å². The molecule has 3 aromatic rings. The number of hydrogen-bond acceptors (Lipinski definition) is 5. The minimum atomic E-state index is -2.43. The molecule has 1 aliphatic rings. The van der Waals surface area contributed by atoms with Gasteiger partial charge in [0.05, 0.1) is 17.8 Å². The highest BCUT2D eigenvalue weighted by Crippen LogP contribution is 2.34. The first-order valence-corrected chi connectivity index (χ1v) is 8.01. The normalized spacial score (nSPS) is 18.3. The Balaban J connectivity index is 1.54. The Morgan fingerprint density at radius 3 is 3.08 bits per heavy atom. The van der Waals surface area contributed by atoms with E-state index in [0.717, 1.165) is 29.7 Å². The molecule has 2 heterocycles. The van der Waals surface area contributed by atoms with Crippen molar-refractivity contribution in [2.45, 2.75) is 32.7 Å². The number of carbonyl (C=O) groups excluding carboxylic acids is 1. The van der Waals surface area contributed by atoms with E-state index in [1.165, 1.54) is 0 Å². The number of aryl methyl sites for hydroxylation is 3. The van der Waals surface area contributed by atoms with E-state index in [0.29, 0.717) is 11.1 Å². The van der Waals surface area contributed by atoms with Gasteiger partial charge in [-0.3, -0.25) is 9.48 Å². The molecule has 4 rings (SSSR count). The van der Waals surface area contributed by atoms with Gasteiger partial charge in [0.15, 0.2) is 0 Å². The highest BCUT2D eigenvalue weighted by Gasteiger charge is 2.26. The third kappa shape index (κ3) is 2.71. The summed E-state index contributed by atoms with van der Waals surface area (Å²) in [5.74, 6) is -0.277. The average Bonchev–Trinajstić information content (AvgIpc) is 3.35. The van der Waals surface area contributed by atoms with Crippen LogP contribution in [0.15, 0.2) is 28.9 Å². The van der Waals surface area contributed by atoms with Crippen LogP contribution in [-0.2, 0) is 13.5 Å². The van der Waals surface area contributed by atoms with Gasteiger partial charge in [0.25, 0.3) is 5.91 Å². The van der Waals surface area contributed by atoms with Crippen molar-refractivity contribution in [3.63, 3.8) is 0 Å².